The second-order valence-electron chi connectivity index (χ2n) is 6.40. The van der Waals surface area contributed by atoms with Gasteiger partial charge in [0.25, 0.3) is 10.0 Å². The van der Waals surface area contributed by atoms with E-state index in [-0.39, 0.29) is 17.3 Å². The zero-order valence-electron chi connectivity index (χ0n) is 14.5. The third-order valence-electron chi connectivity index (χ3n) is 4.58. The van der Waals surface area contributed by atoms with Crippen LogP contribution in [-0.4, -0.2) is 69.9 Å². The van der Waals surface area contributed by atoms with Gasteiger partial charge in [-0.3, -0.25) is 4.79 Å². The van der Waals surface area contributed by atoms with Gasteiger partial charge < -0.3 is 14.5 Å². The summed E-state index contributed by atoms with van der Waals surface area (Å²) >= 11 is 0. The van der Waals surface area contributed by atoms with E-state index < -0.39 is 10.0 Å². The van der Waals surface area contributed by atoms with Gasteiger partial charge in [0.2, 0.25) is 5.91 Å². The first-order valence-electron chi connectivity index (χ1n) is 8.43. The number of carbonyl (C=O) groups is 1. The Bertz CT molecular complexity index is 785. The zero-order chi connectivity index (χ0) is 18.0. The van der Waals surface area contributed by atoms with Gasteiger partial charge in [0.1, 0.15) is 4.90 Å². The van der Waals surface area contributed by atoms with Crippen LogP contribution in [0.5, 0.6) is 0 Å². The Labute approximate surface area is 148 Å². The summed E-state index contributed by atoms with van der Waals surface area (Å²) in [5.74, 6) is 0.657. The van der Waals surface area contributed by atoms with E-state index in [1.165, 1.54) is 6.07 Å². The van der Waals surface area contributed by atoms with Crippen molar-refractivity contribution >= 4 is 21.8 Å². The molecule has 0 spiro atoms. The molecule has 25 heavy (non-hydrogen) atoms. The van der Waals surface area contributed by atoms with Gasteiger partial charge in [0.15, 0.2) is 5.84 Å². The minimum atomic E-state index is -3.68. The molecule has 7 nitrogen and oxygen atoms in total. The maximum Gasteiger partial charge on any atom is 0.285 e. The number of hydrogen-bond acceptors (Lipinski definition) is 5. The Balaban J connectivity index is 1.71. The number of amidine groups is 1. The molecule has 1 amide bonds. The Morgan fingerprint density at radius 3 is 2.80 bits per heavy atom. The molecular weight excluding hydrogens is 342 g/mol. The Morgan fingerprint density at radius 1 is 1.36 bits per heavy atom. The van der Waals surface area contributed by atoms with Crippen LogP contribution in [0.25, 0.3) is 0 Å². The molecule has 1 fully saturated rings. The molecule has 2 heterocycles. The third-order valence-corrected chi connectivity index (χ3v) is 5.91. The highest BCUT2D eigenvalue weighted by Gasteiger charge is 2.31. The van der Waals surface area contributed by atoms with Gasteiger partial charge in [-0.15, -0.1) is 4.40 Å². The van der Waals surface area contributed by atoms with E-state index in [2.05, 4.69) is 4.40 Å². The molecule has 0 bridgehead atoms. The lowest BCUT2D eigenvalue weighted by Crippen LogP contribution is -2.43. The lowest BCUT2D eigenvalue weighted by molar-refractivity contribution is -0.131. The first-order valence-corrected chi connectivity index (χ1v) is 9.87. The first-order chi connectivity index (χ1) is 11.9. The second-order valence-corrected chi connectivity index (χ2v) is 7.98. The number of likely N-dealkylation sites (N-methyl/N-ethyl adjacent to an activating group) is 2. The molecule has 1 atom stereocenters. The van der Waals surface area contributed by atoms with Gasteiger partial charge in [0.05, 0.1) is 13.2 Å². The molecular formula is C17H23N3O4S. The number of fused-ring (bicyclic) bond motifs is 1. The summed E-state index contributed by atoms with van der Waals surface area (Å²) in [6.07, 6.45) is 0.970. The van der Waals surface area contributed by atoms with Crippen molar-refractivity contribution in [3.63, 3.8) is 0 Å². The van der Waals surface area contributed by atoms with Gasteiger partial charge in [0, 0.05) is 38.2 Å². The smallest absolute Gasteiger partial charge is 0.285 e. The van der Waals surface area contributed by atoms with Crippen LogP contribution >= 0.6 is 0 Å². The predicted molar refractivity (Wildman–Crippen MR) is 94.0 cm³/mol. The molecule has 8 heteroatoms. The predicted octanol–water partition coefficient (Wildman–Crippen LogP) is 0.952. The summed E-state index contributed by atoms with van der Waals surface area (Å²) in [5, 5.41) is 0. The number of hydrogen-bond donors (Lipinski definition) is 0. The zero-order valence-corrected chi connectivity index (χ0v) is 15.3. The Hall–Kier alpha value is -1.93. The highest BCUT2D eigenvalue weighted by atomic mass is 32.2. The lowest BCUT2D eigenvalue weighted by Gasteiger charge is -2.27. The fraction of sp³-hybridized carbons (Fsp3) is 0.529. The van der Waals surface area contributed by atoms with Gasteiger partial charge in [-0.1, -0.05) is 12.1 Å². The summed E-state index contributed by atoms with van der Waals surface area (Å²) in [4.78, 5) is 16.2. The molecule has 1 saturated heterocycles. The van der Waals surface area contributed by atoms with Crippen molar-refractivity contribution in [2.45, 2.75) is 18.2 Å². The molecule has 2 aliphatic rings. The normalized spacial score (nSPS) is 20.9. The van der Waals surface area contributed by atoms with Gasteiger partial charge in [-0.05, 0) is 25.5 Å². The number of rotatable bonds is 5. The largest absolute Gasteiger partial charge is 0.381 e. The van der Waals surface area contributed by atoms with Crippen LogP contribution in [0.4, 0.5) is 0 Å². The molecule has 0 N–H and O–H groups in total. The fourth-order valence-corrected chi connectivity index (χ4v) is 4.44. The maximum absolute atomic E-state index is 12.6. The van der Waals surface area contributed by atoms with Gasteiger partial charge in [-0.2, -0.15) is 8.42 Å². The van der Waals surface area contributed by atoms with Crippen molar-refractivity contribution in [1.29, 1.82) is 0 Å². The SMILES string of the molecule is CCN(C[C@H]1CCOC1)C(=O)CN(C)C1=NS(=O)(=O)c2ccccc21. The Morgan fingerprint density at radius 2 is 2.12 bits per heavy atom. The average Bonchev–Trinajstić information content (AvgIpc) is 3.19. The van der Waals surface area contributed by atoms with Crippen molar-refractivity contribution in [3.8, 4) is 0 Å². The monoisotopic (exact) mass is 365 g/mol. The molecule has 3 rings (SSSR count). The summed E-state index contributed by atoms with van der Waals surface area (Å²) < 4.78 is 33.5. The van der Waals surface area contributed by atoms with Gasteiger partial charge in [-0.25, -0.2) is 0 Å². The fourth-order valence-electron chi connectivity index (χ4n) is 3.19. The minimum Gasteiger partial charge on any atom is -0.381 e. The maximum atomic E-state index is 12.6. The van der Waals surface area contributed by atoms with E-state index in [4.69, 9.17) is 4.74 Å². The van der Waals surface area contributed by atoms with Crippen LogP contribution in [0, 0.1) is 5.92 Å². The van der Waals surface area contributed by atoms with Crippen molar-refractivity contribution in [2.75, 3.05) is 39.9 Å². The average molecular weight is 365 g/mol. The van der Waals surface area contributed by atoms with Crippen LogP contribution < -0.4 is 0 Å². The molecule has 0 unspecified atom stereocenters. The Kier molecular flexibility index (Phi) is 5.10. The van der Waals surface area contributed by atoms with E-state index in [0.717, 1.165) is 13.0 Å². The lowest BCUT2D eigenvalue weighted by atomic mass is 10.1. The molecule has 0 saturated carbocycles. The molecule has 0 aliphatic carbocycles. The summed E-state index contributed by atoms with van der Waals surface area (Å²) in [7, 11) is -1.98. The molecule has 1 aromatic rings. The van der Waals surface area contributed by atoms with Crippen LogP contribution in [0.15, 0.2) is 33.6 Å². The minimum absolute atomic E-state index is 0.0404. The van der Waals surface area contributed by atoms with Gasteiger partial charge >= 0.3 is 0 Å². The third kappa shape index (κ3) is 3.69. The van der Waals surface area contributed by atoms with E-state index >= 15 is 0 Å². The summed E-state index contributed by atoms with van der Waals surface area (Å²) in [6.45, 7) is 4.76. The van der Waals surface area contributed by atoms with Crippen molar-refractivity contribution in [3.05, 3.63) is 29.8 Å². The van der Waals surface area contributed by atoms with Crippen LogP contribution in [0.3, 0.4) is 0 Å². The number of sulfonamides is 1. The van der Waals surface area contributed by atoms with Crippen molar-refractivity contribution < 1.29 is 17.9 Å². The van der Waals surface area contributed by atoms with E-state index in [1.807, 2.05) is 6.92 Å². The second kappa shape index (κ2) is 7.13. The first kappa shape index (κ1) is 17.9. The standard InChI is InChI=1S/C17H23N3O4S/c1-3-20(10-13-8-9-24-12-13)16(21)11-19(2)17-14-6-4-5-7-15(14)25(22,23)18-17/h4-7,13H,3,8-12H2,1-2H3/t13-/m1/s1. The number of carbonyl (C=O) groups excluding carboxylic acids is 1. The topological polar surface area (TPSA) is 79.3 Å². The number of benzene rings is 1. The highest BCUT2D eigenvalue weighted by Crippen LogP contribution is 2.27. The van der Waals surface area contributed by atoms with E-state index in [9.17, 15) is 13.2 Å². The highest BCUT2D eigenvalue weighted by molar-refractivity contribution is 7.90. The summed E-state index contributed by atoms with van der Waals surface area (Å²) in [6, 6.07) is 6.69. The van der Waals surface area contributed by atoms with E-state index in [0.29, 0.717) is 37.0 Å². The molecule has 0 aromatic heterocycles. The molecule has 136 valence electrons. The van der Waals surface area contributed by atoms with Crippen molar-refractivity contribution in [2.24, 2.45) is 10.3 Å². The number of ether oxygens (including phenoxy) is 1. The number of amides is 1. The van der Waals surface area contributed by atoms with Crippen LogP contribution in [0.2, 0.25) is 0 Å². The van der Waals surface area contributed by atoms with Crippen LogP contribution in [0.1, 0.15) is 18.9 Å². The molecule has 2 aliphatic heterocycles. The van der Waals surface area contributed by atoms with Crippen molar-refractivity contribution in [1.82, 2.24) is 9.80 Å². The van der Waals surface area contributed by atoms with E-state index in [1.54, 1.807) is 35.0 Å². The van der Waals surface area contributed by atoms with Crippen LogP contribution in [-0.2, 0) is 19.6 Å². The summed E-state index contributed by atoms with van der Waals surface area (Å²) in [5.41, 5.74) is 0.546. The molecule has 0 radical (unpaired) electrons. The quantitative estimate of drug-likeness (QED) is 0.776. The number of nitrogens with zero attached hydrogens (tertiary/aromatic N) is 3. The molecule has 1 aromatic carbocycles.